The molecule has 1 N–H and O–H groups in total. The molecule has 2 rings (SSSR count). The fraction of sp³-hybridized carbons (Fsp3) is 0.550. The number of nitrogens with zero attached hydrogens (tertiary/aromatic N) is 1. The van der Waals surface area contributed by atoms with Crippen LogP contribution in [0.5, 0.6) is 0 Å². The summed E-state index contributed by atoms with van der Waals surface area (Å²) in [5.74, 6) is -0.901. The van der Waals surface area contributed by atoms with Crippen LogP contribution in [0.1, 0.15) is 44.0 Å². The maximum Gasteiger partial charge on any atom is 0.338 e. The van der Waals surface area contributed by atoms with Crippen LogP contribution < -0.4 is 5.32 Å². The van der Waals surface area contributed by atoms with Gasteiger partial charge in [-0.1, -0.05) is 0 Å². The Morgan fingerprint density at radius 3 is 2.56 bits per heavy atom. The molecule has 0 spiro atoms. The first-order valence-electron chi connectivity index (χ1n) is 9.39. The maximum absolute atomic E-state index is 12.3. The van der Waals surface area contributed by atoms with Crippen LogP contribution in [-0.2, 0) is 19.1 Å². The molecule has 148 valence electrons. The van der Waals surface area contributed by atoms with E-state index in [1.54, 1.807) is 45.0 Å². The summed E-state index contributed by atoms with van der Waals surface area (Å²) in [7, 11) is 0. The quantitative estimate of drug-likeness (QED) is 0.736. The fourth-order valence-corrected chi connectivity index (χ4v) is 3.03. The fourth-order valence-electron chi connectivity index (χ4n) is 3.03. The first-order chi connectivity index (χ1) is 12.9. The van der Waals surface area contributed by atoms with E-state index in [4.69, 9.17) is 9.47 Å². The molecular formula is C20H28N2O5. The van der Waals surface area contributed by atoms with E-state index in [-0.39, 0.29) is 36.4 Å². The number of carbonyl (C=O) groups excluding carboxylic acids is 3. The van der Waals surface area contributed by atoms with Gasteiger partial charge in [-0.25, -0.2) is 4.79 Å². The lowest BCUT2D eigenvalue weighted by atomic mass is 9.98. The van der Waals surface area contributed by atoms with Crippen LogP contribution >= 0.6 is 0 Å². The number of rotatable bonds is 7. The van der Waals surface area contributed by atoms with E-state index >= 15 is 0 Å². The molecule has 1 heterocycles. The zero-order valence-electron chi connectivity index (χ0n) is 16.2. The zero-order valence-corrected chi connectivity index (χ0v) is 16.2. The van der Waals surface area contributed by atoms with Crippen molar-refractivity contribution in [3.63, 3.8) is 0 Å². The van der Waals surface area contributed by atoms with Crippen LogP contribution in [0.15, 0.2) is 24.3 Å². The van der Waals surface area contributed by atoms with E-state index in [0.29, 0.717) is 24.4 Å². The van der Waals surface area contributed by atoms with E-state index in [0.717, 1.165) is 19.4 Å². The highest BCUT2D eigenvalue weighted by Gasteiger charge is 2.27. The molecule has 1 fully saturated rings. The Bertz CT molecular complexity index is 657. The van der Waals surface area contributed by atoms with Crippen molar-refractivity contribution in [1.82, 2.24) is 4.90 Å². The van der Waals surface area contributed by atoms with Crippen molar-refractivity contribution >= 4 is 23.5 Å². The Labute approximate surface area is 160 Å². The molecule has 0 aromatic heterocycles. The summed E-state index contributed by atoms with van der Waals surface area (Å²) >= 11 is 0. The van der Waals surface area contributed by atoms with Gasteiger partial charge in [-0.05, 0) is 64.4 Å². The summed E-state index contributed by atoms with van der Waals surface area (Å²) in [5.41, 5.74) is 1.05. The molecule has 0 radical (unpaired) electrons. The van der Waals surface area contributed by atoms with E-state index in [1.165, 1.54) is 0 Å². The molecule has 1 amide bonds. The third-order valence-corrected chi connectivity index (χ3v) is 4.24. The third kappa shape index (κ3) is 6.67. The van der Waals surface area contributed by atoms with Crippen LogP contribution in [0.4, 0.5) is 5.69 Å². The van der Waals surface area contributed by atoms with Gasteiger partial charge in [0.1, 0.15) is 0 Å². The Morgan fingerprint density at radius 2 is 1.93 bits per heavy atom. The summed E-state index contributed by atoms with van der Waals surface area (Å²) in [5, 5.41) is 2.82. The van der Waals surface area contributed by atoms with Crippen LogP contribution in [0.25, 0.3) is 0 Å². The largest absolute Gasteiger partial charge is 0.466 e. The molecule has 0 saturated carbocycles. The van der Waals surface area contributed by atoms with Gasteiger partial charge in [0.2, 0.25) is 5.91 Å². The summed E-state index contributed by atoms with van der Waals surface area (Å²) < 4.78 is 10.2. The van der Waals surface area contributed by atoms with Crippen molar-refractivity contribution < 1.29 is 23.9 Å². The third-order valence-electron chi connectivity index (χ3n) is 4.24. The highest BCUT2D eigenvalue weighted by atomic mass is 16.5. The van der Waals surface area contributed by atoms with E-state index in [2.05, 4.69) is 5.32 Å². The van der Waals surface area contributed by atoms with Crippen LogP contribution in [-0.4, -0.2) is 55.1 Å². The SMILES string of the molecule is CCOC(=O)[C@H]1CCCN(CC(=O)Nc2ccc(C(=O)OC(C)C)cc2)C1. The number of hydrogen-bond acceptors (Lipinski definition) is 6. The highest BCUT2D eigenvalue weighted by Crippen LogP contribution is 2.18. The molecule has 7 nitrogen and oxygen atoms in total. The molecule has 1 saturated heterocycles. The second kappa shape index (κ2) is 10.1. The van der Waals surface area contributed by atoms with Crippen molar-refractivity contribution in [2.24, 2.45) is 5.92 Å². The number of hydrogen-bond donors (Lipinski definition) is 1. The van der Waals surface area contributed by atoms with Gasteiger partial charge in [-0.15, -0.1) is 0 Å². The molecule has 0 unspecified atom stereocenters. The van der Waals surface area contributed by atoms with E-state index in [1.807, 2.05) is 4.90 Å². The number of esters is 2. The molecule has 1 aromatic carbocycles. The first-order valence-corrected chi connectivity index (χ1v) is 9.39. The summed E-state index contributed by atoms with van der Waals surface area (Å²) in [4.78, 5) is 38.0. The monoisotopic (exact) mass is 376 g/mol. The van der Waals surface area contributed by atoms with Gasteiger partial charge in [0.15, 0.2) is 0 Å². The number of likely N-dealkylation sites (tertiary alicyclic amines) is 1. The van der Waals surface area contributed by atoms with E-state index < -0.39 is 0 Å². The number of ether oxygens (including phenoxy) is 2. The molecule has 1 aromatic rings. The number of amides is 1. The predicted octanol–water partition coefficient (Wildman–Crippen LogP) is 2.47. The molecule has 27 heavy (non-hydrogen) atoms. The molecular weight excluding hydrogens is 348 g/mol. The molecule has 1 atom stereocenters. The molecule has 1 aliphatic rings. The van der Waals surface area contributed by atoms with Crippen molar-refractivity contribution in [2.45, 2.75) is 39.7 Å². The van der Waals surface area contributed by atoms with Gasteiger partial charge in [-0.2, -0.15) is 0 Å². The minimum Gasteiger partial charge on any atom is -0.466 e. The summed E-state index contributed by atoms with van der Waals surface area (Å²) in [6.07, 6.45) is 1.48. The summed E-state index contributed by atoms with van der Waals surface area (Å²) in [6, 6.07) is 6.59. The van der Waals surface area contributed by atoms with Crippen molar-refractivity contribution in [1.29, 1.82) is 0 Å². The second-order valence-corrected chi connectivity index (χ2v) is 6.91. The standard InChI is InChI=1S/C20H28N2O5/c1-4-26-19(24)16-6-5-11-22(12-16)13-18(23)21-17-9-7-15(8-10-17)20(25)27-14(2)3/h7-10,14,16H,4-6,11-13H2,1-3H3,(H,21,23)/t16-/m0/s1. The maximum atomic E-state index is 12.3. The smallest absolute Gasteiger partial charge is 0.338 e. The van der Waals surface area contributed by atoms with Crippen LogP contribution in [0, 0.1) is 5.92 Å². The lowest BCUT2D eigenvalue weighted by Crippen LogP contribution is -2.43. The number of nitrogens with one attached hydrogen (secondary N) is 1. The van der Waals surface area contributed by atoms with Crippen molar-refractivity contribution in [2.75, 3.05) is 31.6 Å². The number of carbonyl (C=O) groups is 3. The minimum absolute atomic E-state index is 0.156. The van der Waals surface area contributed by atoms with Crippen LogP contribution in [0.2, 0.25) is 0 Å². The Balaban J connectivity index is 1.84. The highest BCUT2D eigenvalue weighted by molar-refractivity contribution is 5.94. The topological polar surface area (TPSA) is 84.9 Å². The lowest BCUT2D eigenvalue weighted by Gasteiger charge is -2.30. The average Bonchev–Trinajstić information content (AvgIpc) is 2.62. The average molecular weight is 376 g/mol. The lowest BCUT2D eigenvalue weighted by molar-refractivity contribution is -0.150. The van der Waals surface area contributed by atoms with E-state index in [9.17, 15) is 14.4 Å². The minimum atomic E-state index is -0.388. The second-order valence-electron chi connectivity index (χ2n) is 6.91. The van der Waals surface area contributed by atoms with Gasteiger partial charge in [0.05, 0.1) is 30.7 Å². The van der Waals surface area contributed by atoms with Gasteiger partial charge < -0.3 is 14.8 Å². The van der Waals surface area contributed by atoms with Gasteiger partial charge >= 0.3 is 11.9 Å². The number of piperidine rings is 1. The molecule has 0 aliphatic carbocycles. The van der Waals surface area contributed by atoms with Crippen LogP contribution in [0.3, 0.4) is 0 Å². The van der Waals surface area contributed by atoms with Gasteiger partial charge in [0.25, 0.3) is 0 Å². The Kier molecular flexibility index (Phi) is 7.79. The van der Waals surface area contributed by atoms with Gasteiger partial charge in [-0.3, -0.25) is 14.5 Å². The first kappa shape index (κ1) is 20.9. The number of benzene rings is 1. The molecule has 1 aliphatic heterocycles. The zero-order chi connectivity index (χ0) is 19.8. The number of anilines is 1. The Morgan fingerprint density at radius 1 is 1.22 bits per heavy atom. The predicted molar refractivity (Wildman–Crippen MR) is 101 cm³/mol. The van der Waals surface area contributed by atoms with Crippen molar-refractivity contribution in [3.8, 4) is 0 Å². The normalized spacial score (nSPS) is 17.4. The molecule has 0 bridgehead atoms. The summed E-state index contributed by atoms with van der Waals surface area (Å²) in [6.45, 7) is 7.28. The Hall–Kier alpha value is -2.41. The molecule has 7 heteroatoms. The van der Waals surface area contributed by atoms with Crippen molar-refractivity contribution in [3.05, 3.63) is 29.8 Å². The van der Waals surface area contributed by atoms with Gasteiger partial charge in [0, 0.05) is 12.2 Å².